The summed E-state index contributed by atoms with van der Waals surface area (Å²) in [5.41, 5.74) is 5.08. The summed E-state index contributed by atoms with van der Waals surface area (Å²) in [6, 6.07) is 3.83. The molecule has 21 heavy (non-hydrogen) atoms. The number of hydrogen-bond acceptors (Lipinski definition) is 3. The molecule has 0 aromatic heterocycles. The summed E-state index contributed by atoms with van der Waals surface area (Å²) >= 11 is 0. The van der Waals surface area contributed by atoms with Crippen LogP contribution in [0.1, 0.15) is 32.3 Å². The Bertz CT molecular complexity index is 698. The summed E-state index contributed by atoms with van der Waals surface area (Å²) in [7, 11) is -3.89. The minimum absolute atomic E-state index is 0.165. The number of nitrogens with one attached hydrogen (secondary N) is 1. The van der Waals surface area contributed by atoms with Crippen molar-refractivity contribution < 1.29 is 12.8 Å². The van der Waals surface area contributed by atoms with Gasteiger partial charge in [0, 0.05) is 11.1 Å². The van der Waals surface area contributed by atoms with Gasteiger partial charge in [-0.15, -0.1) is 0 Å². The van der Waals surface area contributed by atoms with Crippen molar-refractivity contribution in [2.45, 2.75) is 37.1 Å². The van der Waals surface area contributed by atoms with Crippen molar-refractivity contribution in [1.29, 1.82) is 0 Å². The molecule has 0 amide bonds. The molecule has 0 aliphatic heterocycles. The minimum Gasteiger partial charge on any atom is -0.320 e. The fraction of sp³-hybridized carbons (Fsp3) is 0.467. The summed E-state index contributed by atoms with van der Waals surface area (Å²) in [5, 5.41) is 0. The van der Waals surface area contributed by atoms with E-state index in [0.29, 0.717) is 11.5 Å². The Hall–Kier alpha value is -1.42. The van der Waals surface area contributed by atoms with Crippen LogP contribution in [0.25, 0.3) is 0 Å². The molecule has 1 aliphatic carbocycles. The monoisotopic (exact) mass is 310 g/mol. The van der Waals surface area contributed by atoms with Crippen molar-refractivity contribution >= 4 is 10.0 Å². The topological polar surface area (TPSA) is 72.2 Å². The van der Waals surface area contributed by atoms with Gasteiger partial charge in [-0.05, 0) is 50.8 Å². The number of halogens is 1. The standard InChI is InChI=1S/C15H19FN2O2S/c1-15(2,12-6-7-12)18-21(19,20)14-8-5-11(4-3-9-17)10-13(14)16/h5,8,10,12,18H,6-7,9,17H2,1-2H3. The molecular formula is C15H19FN2O2S. The highest BCUT2D eigenvalue weighted by Crippen LogP contribution is 2.40. The van der Waals surface area contributed by atoms with Gasteiger partial charge in [0.2, 0.25) is 10.0 Å². The maximum atomic E-state index is 14.0. The fourth-order valence-electron chi connectivity index (χ4n) is 2.24. The Morgan fingerprint density at radius 3 is 2.62 bits per heavy atom. The first-order valence-electron chi connectivity index (χ1n) is 6.79. The van der Waals surface area contributed by atoms with Crippen LogP contribution in [0.3, 0.4) is 0 Å². The molecule has 3 N–H and O–H groups in total. The van der Waals surface area contributed by atoms with E-state index in [2.05, 4.69) is 16.6 Å². The lowest BCUT2D eigenvalue weighted by atomic mass is 10.0. The molecule has 0 radical (unpaired) electrons. The number of rotatable bonds is 4. The molecule has 1 aromatic rings. The first kappa shape index (κ1) is 16.0. The molecule has 0 bridgehead atoms. The van der Waals surface area contributed by atoms with E-state index in [9.17, 15) is 12.8 Å². The average molecular weight is 310 g/mol. The highest BCUT2D eigenvalue weighted by atomic mass is 32.2. The minimum atomic E-state index is -3.89. The lowest BCUT2D eigenvalue weighted by molar-refractivity contribution is 0.399. The van der Waals surface area contributed by atoms with Crippen LogP contribution in [0.15, 0.2) is 23.1 Å². The summed E-state index contributed by atoms with van der Waals surface area (Å²) in [6.45, 7) is 3.81. The van der Waals surface area contributed by atoms with Crippen molar-refractivity contribution in [2.24, 2.45) is 11.7 Å². The Morgan fingerprint density at radius 1 is 1.43 bits per heavy atom. The summed E-state index contributed by atoms with van der Waals surface area (Å²) in [6.07, 6.45) is 1.98. The molecule has 6 heteroatoms. The molecule has 0 saturated heterocycles. The van der Waals surface area contributed by atoms with E-state index >= 15 is 0 Å². The molecule has 2 rings (SSSR count). The van der Waals surface area contributed by atoms with Gasteiger partial charge in [-0.1, -0.05) is 11.8 Å². The second-order valence-corrected chi connectivity index (χ2v) is 7.40. The van der Waals surface area contributed by atoms with Crippen LogP contribution in [-0.4, -0.2) is 20.5 Å². The van der Waals surface area contributed by atoms with Gasteiger partial charge in [0.25, 0.3) is 0 Å². The van der Waals surface area contributed by atoms with Crippen LogP contribution < -0.4 is 10.5 Å². The van der Waals surface area contributed by atoms with Gasteiger partial charge in [-0.3, -0.25) is 0 Å². The lowest BCUT2D eigenvalue weighted by Crippen LogP contribution is -2.45. The molecule has 0 spiro atoms. The van der Waals surface area contributed by atoms with Gasteiger partial charge in [0.05, 0.1) is 6.54 Å². The average Bonchev–Trinajstić information content (AvgIpc) is 3.19. The molecule has 1 aromatic carbocycles. The predicted molar refractivity (Wildman–Crippen MR) is 79.5 cm³/mol. The van der Waals surface area contributed by atoms with Crippen LogP contribution in [0.4, 0.5) is 4.39 Å². The molecule has 4 nitrogen and oxygen atoms in total. The molecular weight excluding hydrogens is 291 g/mol. The third-order valence-corrected chi connectivity index (χ3v) is 5.26. The van der Waals surface area contributed by atoms with Crippen molar-refractivity contribution in [3.8, 4) is 11.8 Å². The Morgan fingerprint density at radius 2 is 2.10 bits per heavy atom. The second-order valence-electron chi connectivity index (χ2n) is 5.75. The van der Waals surface area contributed by atoms with Gasteiger partial charge >= 0.3 is 0 Å². The first-order valence-corrected chi connectivity index (χ1v) is 8.27. The maximum Gasteiger partial charge on any atom is 0.243 e. The van der Waals surface area contributed by atoms with Crippen LogP contribution in [-0.2, 0) is 10.0 Å². The maximum absolute atomic E-state index is 14.0. The number of hydrogen-bond donors (Lipinski definition) is 2. The largest absolute Gasteiger partial charge is 0.320 e. The van der Waals surface area contributed by atoms with Gasteiger partial charge in [0.1, 0.15) is 10.7 Å². The molecule has 0 atom stereocenters. The zero-order valence-corrected chi connectivity index (χ0v) is 12.9. The van der Waals surface area contributed by atoms with Gasteiger partial charge in [-0.2, -0.15) is 0 Å². The molecule has 0 heterocycles. The Kier molecular flexibility index (Phi) is 4.38. The fourth-order valence-corrected chi connectivity index (χ4v) is 3.77. The Labute approximate surface area is 125 Å². The molecule has 0 unspecified atom stereocenters. The lowest BCUT2D eigenvalue weighted by Gasteiger charge is -2.25. The van der Waals surface area contributed by atoms with E-state index in [0.717, 1.165) is 18.9 Å². The van der Waals surface area contributed by atoms with Gasteiger partial charge in [0.15, 0.2) is 0 Å². The highest BCUT2D eigenvalue weighted by Gasteiger charge is 2.41. The van der Waals surface area contributed by atoms with E-state index in [-0.39, 0.29) is 11.4 Å². The van der Waals surface area contributed by atoms with Crippen molar-refractivity contribution in [2.75, 3.05) is 6.54 Å². The smallest absolute Gasteiger partial charge is 0.243 e. The quantitative estimate of drug-likeness (QED) is 0.830. The van der Waals surface area contributed by atoms with E-state index in [1.54, 1.807) is 0 Å². The number of nitrogens with two attached hydrogens (primary N) is 1. The SMILES string of the molecule is CC(C)(NS(=O)(=O)c1ccc(C#CCN)cc1F)C1CC1. The normalized spacial score (nSPS) is 15.4. The van der Waals surface area contributed by atoms with E-state index in [1.807, 2.05) is 13.8 Å². The Balaban J connectivity index is 2.28. The molecule has 1 aliphatic rings. The molecule has 114 valence electrons. The molecule has 1 fully saturated rings. The zero-order chi connectivity index (χ0) is 15.7. The van der Waals surface area contributed by atoms with E-state index in [1.165, 1.54) is 12.1 Å². The van der Waals surface area contributed by atoms with Crippen molar-refractivity contribution in [3.63, 3.8) is 0 Å². The third-order valence-electron chi connectivity index (χ3n) is 3.55. The third kappa shape index (κ3) is 3.82. The van der Waals surface area contributed by atoms with Crippen LogP contribution in [0.2, 0.25) is 0 Å². The first-order chi connectivity index (χ1) is 9.76. The highest BCUT2D eigenvalue weighted by molar-refractivity contribution is 7.89. The summed E-state index contributed by atoms with van der Waals surface area (Å²) in [5.74, 6) is 4.77. The van der Waals surface area contributed by atoms with Gasteiger partial charge < -0.3 is 5.73 Å². The van der Waals surface area contributed by atoms with Crippen molar-refractivity contribution in [3.05, 3.63) is 29.6 Å². The van der Waals surface area contributed by atoms with Crippen LogP contribution in [0.5, 0.6) is 0 Å². The van der Waals surface area contributed by atoms with Gasteiger partial charge in [-0.25, -0.2) is 17.5 Å². The summed E-state index contributed by atoms with van der Waals surface area (Å²) < 4.78 is 41.3. The van der Waals surface area contributed by atoms with E-state index < -0.39 is 21.4 Å². The van der Waals surface area contributed by atoms with Crippen molar-refractivity contribution in [1.82, 2.24) is 4.72 Å². The van der Waals surface area contributed by atoms with Crippen LogP contribution >= 0.6 is 0 Å². The predicted octanol–water partition coefficient (Wildman–Crippen LogP) is 1.60. The second kappa shape index (κ2) is 5.76. The number of benzene rings is 1. The van der Waals surface area contributed by atoms with Crippen LogP contribution in [0, 0.1) is 23.6 Å². The zero-order valence-electron chi connectivity index (χ0n) is 12.1. The summed E-state index contributed by atoms with van der Waals surface area (Å²) in [4.78, 5) is -0.352. The molecule has 1 saturated carbocycles. The number of sulfonamides is 1. The van der Waals surface area contributed by atoms with E-state index in [4.69, 9.17) is 5.73 Å².